The number of hydrogen-bond donors (Lipinski definition) is 3. The van der Waals surface area contributed by atoms with E-state index in [-0.39, 0.29) is 25.7 Å². The lowest BCUT2D eigenvalue weighted by atomic mass is 9.99. The molecule has 0 aromatic carbocycles. The van der Waals surface area contributed by atoms with Gasteiger partial charge in [0.2, 0.25) is 0 Å². The maximum absolute atomic E-state index is 13.2. The van der Waals surface area contributed by atoms with Gasteiger partial charge in [-0.15, -0.1) is 0 Å². The molecule has 0 aliphatic rings. The molecule has 0 saturated carbocycles. The van der Waals surface area contributed by atoms with E-state index in [0.717, 1.165) is 114 Å². The van der Waals surface area contributed by atoms with Crippen molar-refractivity contribution >= 4 is 39.5 Å². The summed E-state index contributed by atoms with van der Waals surface area (Å²) in [5, 5.41) is 10.7. The molecule has 642 valence electrons. The van der Waals surface area contributed by atoms with E-state index >= 15 is 0 Å². The predicted molar refractivity (Wildman–Crippen MR) is 446 cm³/mol. The highest BCUT2D eigenvalue weighted by Crippen LogP contribution is 2.45. The van der Waals surface area contributed by atoms with Crippen LogP contribution in [0.1, 0.15) is 466 Å². The number of hydrogen-bond acceptors (Lipinski definition) is 15. The van der Waals surface area contributed by atoms with E-state index in [9.17, 15) is 43.2 Å². The molecule has 0 spiro atoms. The minimum Gasteiger partial charge on any atom is -0.462 e. The fraction of sp³-hybridized carbons (Fsp3) is 0.955. The molecule has 0 amide bonds. The quantitative estimate of drug-likeness (QED) is 0.0222. The molecule has 17 nitrogen and oxygen atoms in total. The Kier molecular flexibility index (Phi) is 76.2. The van der Waals surface area contributed by atoms with Crippen molar-refractivity contribution in [3.05, 3.63) is 0 Å². The molecule has 3 unspecified atom stereocenters. The first kappa shape index (κ1) is 106. The summed E-state index contributed by atoms with van der Waals surface area (Å²) in [6.45, 7) is 14.3. The van der Waals surface area contributed by atoms with Crippen molar-refractivity contribution in [2.24, 2.45) is 23.7 Å². The molecule has 0 fully saturated rings. The van der Waals surface area contributed by atoms with Crippen LogP contribution in [0.25, 0.3) is 0 Å². The molecule has 0 aliphatic carbocycles. The van der Waals surface area contributed by atoms with Gasteiger partial charge in [0.05, 0.1) is 26.4 Å². The van der Waals surface area contributed by atoms with Crippen LogP contribution >= 0.6 is 15.6 Å². The molecule has 0 aliphatic heterocycles. The summed E-state index contributed by atoms with van der Waals surface area (Å²) in [6, 6.07) is 0. The summed E-state index contributed by atoms with van der Waals surface area (Å²) in [4.78, 5) is 73.3. The van der Waals surface area contributed by atoms with E-state index in [2.05, 4.69) is 55.4 Å². The van der Waals surface area contributed by atoms with Crippen molar-refractivity contribution < 1.29 is 80.2 Å². The Hall–Kier alpha value is -1.94. The Morgan fingerprint density at radius 1 is 0.259 bits per heavy atom. The fourth-order valence-electron chi connectivity index (χ4n) is 13.8. The van der Waals surface area contributed by atoms with Crippen molar-refractivity contribution in [3.63, 3.8) is 0 Å². The lowest BCUT2D eigenvalue weighted by Gasteiger charge is -2.21. The molecule has 0 radical (unpaired) electrons. The maximum Gasteiger partial charge on any atom is 0.472 e. The SMILES string of the molecule is CCC(C)CCCCCCCCCCCCCCCCCCCCC(=O)O[C@H](COC(=O)CCCCCCCCC(C)C)COP(=O)(O)OC[C@H](O)COP(=O)(O)OC[C@@H](COC(=O)CCCCCCCCCCCCCCCCCCC(C)C)OC(=O)CCCCCCCCCCCCCCCCCC(C)C. The highest BCUT2D eigenvalue weighted by molar-refractivity contribution is 7.47. The molecular weight excluding hydrogens is 1400 g/mol. The zero-order valence-electron chi connectivity index (χ0n) is 71.5. The summed E-state index contributed by atoms with van der Waals surface area (Å²) in [7, 11) is -9.93. The van der Waals surface area contributed by atoms with Crippen LogP contribution in [0.15, 0.2) is 0 Å². The number of ether oxygens (including phenoxy) is 4. The number of carbonyl (C=O) groups excluding carboxylic acids is 4. The first-order chi connectivity index (χ1) is 52.1. The van der Waals surface area contributed by atoms with Crippen LogP contribution in [0.3, 0.4) is 0 Å². The lowest BCUT2D eigenvalue weighted by molar-refractivity contribution is -0.161. The van der Waals surface area contributed by atoms with Gasteiger partial charge in [-0.1, -0.05) is 415 Å². The van der Waals surface area contributed by atoms with Gasteiger partial charge in [-0.2, -0.15) is 0 Å². The summed E-state index contributed by atoms with van der Waals surface area (Å²) < 4.78 is 68.9. The van der Waals surface area contributed by atoms with Gasteiger partial charge in [0.15, 0.2) is 12.2 Å². The number of carbonyl (C=O) groups is 4. The minimum atomic E-state index is -4.97. The standard InChI is InChI=1S/C89H174O17P2/c1-9-82(8)68-60-52-43-37-31-25-19-12-10-11-13-21-27-33-39-45-55-63-72-89(94)106-85(76-100-87(92)70-62-54-48-47-51-59-67-81(6)7)78-104-108(97,98)102-74-83(90)73-101-107(95,96)103-77-84(105-88(93)71-64-56-46-40-34-28-22-16-18-24-30-36-42-50-58-66-80(4)5)75-99-86(91)69-61-53-44-38-32-26-20-15-14-17-23-29-35-41-49-57-65-79(2)3/h79-85,90H,9-78H2,1-8H3,(H,95,96)(H,97,98)/t82?,83-,84-,85-/m1/s1. The van der Waals surface area contributed by atoms with Crippen LogP contribution in [0.5, 0.6) is 0 Å². The van der Waals surface area contributed by atoms with E-state index < -0.39 is 97.5 Å². The van der Waals surface area contributed by atoms with Crippen molar-refractivity contribution in [3.8, 4) is 0 Å². The van der Waals surface area contributed by atoms with Crippen LogP contribution in [0.4, 0.5) is 0 Å². The Labute approximate surface area is 664 Å². The van der Waals surface area contributed by atoms with E-state index in [1.54, 1.807) is 0 Å². The lowest BCUT2D eigenvalue weighted by Crippen LogP contribution is -2.30. The molecule has 0 rings (SSSR count). The zero-order valence-corrected chi connectivity index (χ0v) is 73.3. The van der Waals surface area contributed by atoms with Gasteiger partial charge in [0.25, 0.3) is 0 Å². The van der Waals surface area contributed by atoms with Gasteiger partial charge >= 0.3 is 39.5 Å². The molecule has 3 N–H and O–H groups in total. The number of aliphatic hydroxyl groups excluding tert-OH is 1. The van der Waals surface area contributed by atoms with Crippen molar-refractivity contribution in [1.29, 1.82) is 0 Å². The van der Waals surface area contributed by atoms with Gasteiger partial charge in [0.1, 0.15) is 19.3 Å². The monoisotopic (exact) mass is 1580 g/mol. The maximum atomic E-state index is 13.2. The second kappa shape index (κ2) is 77.6. The number of rotatable bonds is 86. The third-order valence-corrected chi connectivity index (χ3v) is 23.1. The van der Waals surface area contributed by atoms with E-state index in [0.29, 0.717) is 31.6 Å². The van der Waals surface area contributed by atoms with Gasteiger partial charge in [-0.05, 0) is 49.4 Å². The van der Waals surface area contributed by atoms with Gasteiger partial charge in [-0.25, -0.2) is 9.13 Å². The average Bonchev–Trinajstić information content (AvgIpc) is 0.900. The van der Waals surface area contributed by atoms with Crippen LogP contribution in [-0.2, 0) is 65.4 Å². The van der Waals surface area contributed by atoms with Crippen molar-refractivity contribution in [1.82, 2.24) is 0 Å². The highest BCUT2D eigenvalue weighted by atomic mass is 31.2. The molecule has 6 atom stereocenters. The molecular formula is C89H174O17P2. The van der Waals surface area contributed by atoms with E-state index in [4.69, 9.17) is 37.0 Å². The summed E-state index contributed by atoms with van der Waals surface area (Å²) in [6.07, 6.45) is 68.3. The van der Waals surface area contributed by atoms with Crippen molar-refractivity contribution in [2.45, 2.75) is 485 Å². The van der Waals surface area contributed by atoms with Gasteiger partial charge in [-0.3, -0.25) is 37.3 Å². The topological polar surface area (TPSA) is 237 Å². The normalized spacial score (nSPS) is 14.1. The molecule has 0 aromatic rings. The zero-order chi connectivity index (χ0) is 79.5. The average molecular weight is 1580 g/mol. The predicted octanol–water partition coefficient (Wildman–Crippen LogP) is 27.1. The Bertz CT molecular complexity index is 2100. The minimum absolute atomic E-state index is 0.107. The molecule has 0 aromatic heterocycles. The van der Waals surface area contributed by atoms with E-state index in [1.807, 2.05) is 0 Å². The van der Waals surface area contributed by atoms with Gasteiger partial charge in [0, 0.05) is 25.7 Å². The number of esters is 4. The van der Waals surface area contributed by atoms with Crippen LogP contribution < -0.4 is 0 Å². The summed E-state index contributed by atoms with van der Waals surface area (Å²) >= 11 is 0. The van der Waals surface area contributed by atoms with E-state index in [1.165, 1.54) is 263 Å². The van der Waals surface area contributed by atoms with Crippen LogP contribution in [0.2, 0.25) is 0 Å². The van der Waals surface area contributed by atoms with Crippen molar-refractivity contribution in [2.75, 3.05) is 39.6 Å². The van der Waals surface area contributed by atoms with Crippen LogP contribution in [-0.4, -0.2) is 96.7 Å². The largest absolute Gasteiger partial charge is 0.472 e. The Morgan fingerprint density at radius 3 is 0.657 bits per heavy atom. The molecule has 0 heterocycles. The third kappa shape index (κ3) is 80.7. The summed E-state index contributed by atoms with van der Waals surface area (Å²) in [5.74, 6) is 1.06. The molecule has 0 bridgehead atoms. The number of aliphatic hydroxyl groups is 1. The molecule has 0 saturated heterocycles. The summed E-state index contributed by atoms with van der Waals surface area (Å²) in [5.41, 5.74) is 0. The number of unbranched alkanes of at least 4 members (excludes halogenated alkanes) is 51. The number of phosphoric ester groups is 2. The first-order valence-corrected chi connectivity index (χ1v) is 48.7. The second-order valence-corrected chi connectivity index (χ2v) is 36.6. The fourth-order valence-corrected chi connectivity index (χ4v) is 15.4. The Morgan fingerprint density at radius 2 is 0.444 bits per heavy atom. The molecule has 108 heavy (non-hydrogen) atoms. The molecule has 19 heteroatoms. The number of phosphoric acid groups is 2. The second-order valence-electron chi connectivity index (χ2n) is 33.7. The van der Waals surface area contributed by atoms with Gasteiger partial charge < -0.3 is 33.8 Å². The highest BCUT2D eigenvalue weighted by Gasteiger charge is 2.31. The Balaban J connectivity index is 5.19. The first-order valence-electron chi connectivity index (χ1n) is 45.7. The third-order valence-electron chi connectivity index (χ3n) is 21.2. The van der Waals surface area contributed by atoms with Crippen LogP contribution in [0, 0.1) is 23.7 Å². The smallest absolute Gasteiger partial charge is 0.462 e.